The summed E-state index contributed by atoms with van der Waals surface area (Å²) in [7, 11) is 0. The van der Waals surface area contributed by atoms with Crippen molar-refractivity contribution in [1.82, 2.24) is 10.2 Å². The maximum Gasteiger partial charge on any atom is 0.226 e. The lowest BCUT2D eigenvalue weighted by Crippen LogP contribution is -2.50. The third-order valence-corrected chi connectivity index (χ3v) is 5.45. The van der Waals surface area contributed by atoms with Crippen molar-refractivity contribution in [3.05, 3.63) is 24.3 Å². The Hall–Kier alpha value is -1.75. The average Bonchev–Trinajstić information content (AvgIpc) is 3.41. The molecule has 2 aliphatic heterocycles. The molecule has 0 aromatic heterocycles. The number of fused-ring (bicyclic) bond motifs is 1. The number of likely N-dealkylation sites (tertiary alicyclic amines) is 1. The molecule has 130 valence electrons. The molecule has 2 fully saturated rings. The van der Waals surface area contributed by atoms with Gasteiger partial charge in [-0.05, 0) is 50.9 Å². The van der Waals surface area contributed by atoms with Gasteiger partial charge in [0.15, 0.2) is 11.5 Å². The van der Waals surface area contributed by atoms with Gasteiger partial charge >= 0.3 is 0 Å². The maximum atomic E-state index is 12.4. The highest BCUT2D eigenvalue weighted by molar-refractivity contribution is 5.82. The quantitative estimate of drug-likeness (QED) is 0.920. The smallest absolute Gasteiger partial charge is 0.226 e. The van der Waals surface area contributed by atoms with Crippen molar-refractivity contribution in [3.8, 4) is 11.5 Å². The van der Waals surface area contributed by atoms with Crippen molar-refractivity contribution in [1.29, 1.82) is 0 Å². The number of carbonyl (C=O) groups excluding carboxylic acids is 1. The summed E-state index contributed by atoms with van der Waals surface area (Å²) in [6.07, 6.45) is 4.18. The monoisotopic (exact) mass is 330 g/mol. The van der Waals surface area contributed by atoms with Gasteiger partial charge in [0.25, 0.3) is 0 Å². The normalized spacial score (nSPS) is 26.0. The third kappa shape index (κ3) is 3.36. The lowest BCUT2D eigenvalue weighted by atomic mass is 9.79. The maximum absolute atomic E-state index is 12.4. The number of benzene rings is 1. The van der Waals surface area contributed by atoms with Crippen LogP contribution in [0.15, 0.2) is 24.3 Å². The second-order valence-electron chi connectivity index (χ2n) is 7.61. The molecule has 1 unspecified atom stereocenters. The van der Waals surface area contributed by atoms with Crippen molar-refractivity contribution in [2.75, 3.05) is 26.2 Å². The number of amides is 1. The summed E-state index contributed by atoms with van der Waals surface area (Å²) in [4.78, 5) is 14.8. The molecule has 0 spiro atoms. The topological polar surface area (TPSA) is 50.8 Å². The van der Waals surface area contributed by atoms with Crippen LogP contribution in [0.3, 0.4) is 0 Å². The SMILES string of the molecule is CC1(C(=O)NC2CC2)CCN(CC2COc3ccccc3O2)CC1. The van der Waals surface area contributed by atoms with Crippen LogP contribution < -0.4 is 14.8 Å². The highest BCUT2D eigenvalue weighted by Crippen LogP contribution is 2.34. The van der Waals surface area contributed by atoms with E-state index >= 15 is 0 Å². The molecule has 1 saturated heterocycles. The summed E-state index contributed by atoms with van der Waals surface area (Å²) in [6, 6.07) is 8.27. The van der Waals surface area contributed by atoms with E-state index in [1.54, 1.807) is 0 Å². The van der Waals surface area contributed by atoms with Crippen molar-refractivity contribution in [3.63, 3.8) is 0 Å². The Morgan fingerprint density at radius 3 is 2.67 bits per heavy atom. The molecule has 3 aliphatic rings. The van der Waals surface area contributed by atoms with Crippen LogP contribution in [0.4, 0.5) is 0 Å². The van der Waals surface area contributed by atoms with E-state index in [2.05, 4.69) is 17.1 Å². The van der Waals surface area contributed by atoms with E-state index in [0.717, 1.165) is 56.8 Å². The van der Waals surface area contributed by atoms with Gasteiger partial charge in [0.2, 0.25) is 5.91 Å². The Morgan fingerprint density at radius 1 is 1.25 bits per heavy atom. The first-order valence-corrected chi connectivity index (χ1v) is 9.04. The van der Waals surface area contributed by atoms with Crippen LogP contribution in [0.5, 0.6) is 11.5 Å². The molecule has 2 heterocycles. The Balaban J connectivity index is 1.28. The number of hydrogen-bond acceptors (Lipinski definition) is 4. The zero-order valence-corrected chi connectivity index (χ0v) is 14.3. The van der Waals surface area contributed by atoms with Crippen LogP contribution in [0.2, 0.25) is 0 Å². The minimum atomic E-state index is -0.213. The van der Waals surface area contributed by atoms with Gasteiger partial charge in [-0.2, -0.15) is 0 Å². The first kappa shape index (κ1) is 15.8. The molecule has 0 radical (unpaired) electrons. The summed E-state index contributed by atoms with van der Waals surface area (Å²) >= 11 is 0. The van der Waals surface area contributed by atoms with E-state index < -0.39 is 0 Å². The van der Waals surface area contributed by atoms with Gasteiger partial charge in [-0.25, -0.2) is 0 Å². The van der Waals surface area contributed by atoms with Crippen LogP contribution in [-0.4, -0.2) is 49.2 Å². The number of nitrogens with zero attached hydrogens (tertiary/aromatic N) is 1. The zero-order valence-electron chi connectivity index (χ0n) is 14.3. The largest absolute Gasteiger partial charge is 0.486 e. The van der Waals surface area contributed by atoms with Crippen molar-refractivity contribution >= 4 is 5.91 Å². The predicted octanol–water partition coefficient (Wildman–Crippen LogP) is 2.21. The summed E-state index contributed by atoms with van der Waals surface area (Å²) in [5.41, 5.74) is -0.213. The standard InChI is InChI=1S/C19H26N2O3/c1-19(18(22)20-14-6-7-14)8-10-21(11-9-19)12-15-13-23-16-4-2-3-5-17(16)24-15/h2-5,14-15H,6-13H2,1H3,(H,20,22). The van der Waals surface area contributed by atoms with Gasteiger partial charge in [-0.1, -0.05) is 19.1 Å². The molecule has 1 saturated carbocycles. The lowest BCUT2D eigenvalue weighted by Gasteiger charge is -2.40. The van der Waals surface area contributed by atoms with Crippen molar-refractivity contribution in [2.24, 2.45) is 5.41 Å². The molecule has 1 atom stereocenters. The number of piperidine rings is 1. The van der Waals surface area contributed by atoms with Gasteiger partial charge < -0.3 is 14.8 Å². The van der Waals surface area contributed by atoms with Gasteiger partial charge in [0.1, 0.15) is 12.7 Å². The molecule has 1 aliphatic carbocycles. The first-order valence-electron chi connectivity index (χ1n) is 9.04. The molecule has 1 aromatic carbocycles. The highest BCUT2D eigenvalue weighted by Gasteiger charge is 2.39. The Morgan fingerprint density at radius 2 is 1.96 bits per heavy atom. The fourth-order valence-corrected chi connectivity index (χ4v) is 3.48. The van der Waals surface area contributed by atoms with Gasteiger partial charge in [-0.3, -0.25) is 9.69 Å². The number of rotatable bonds is 4. The second kappa shape index (κ2) is 6.28. The van der Waals surface area contributed by atoms with E-state index in [1.165, 1.54) is 0 Å². The number of para-hydroxylation sites is 2. The van der Waals surface area contributed by atoms with E-state index in [9.17, 15) is 4.79 Å². The first-order chi connectivity index (χ1) is 11.6. The van der Waals surface area contributed by atoms with Gasteiger partial charge in [0, 0.05) is 18.0 Å². The van der Waals surface area contributed by atoms with E-state index in [-0.39, 0.29) is 17.4 Å². The average molecular weight is 330 g/mol. The molecule has 4 rings (SSSR count). The molecule has 1 N–H and O–H groups in total. The van der Waals surface area contributed by atoms with Crippen LogP contribution in [0, 0.1) is 5.41 Å². The Bertz CT molecular complexity index is 606. The predicted molar refractivity (Wildman–Crippen MR) is 91.3 cm³/mol. The summed E-state index contributed by atoms with van der Waals surface area (Å²) in [6.45, 7) is 5.44. The Labute approximate surface area is 143 Å². The number of nitrogens with one attached hydrogen (secondary N) is 1. The van der Waals surface area contributed by atoms with E-state index in [0.29, 0.717) is 12.6 Å². The third-order valence-electron chi connectivity index (χ3n) is 5.45. The molecular formula is C19H26N2O3. The molecule has 24 heavy (non-hydrogen) atoms. The van der Waals surface area contributed by atoms with Crippen molar-refractivity contribution in [2.45, 2.75) is 44.8 Å². The second-order valence-corrected chi connectivity index (χ2v) is 7.61. The minimum Gasteiger partial charge on any atom is -0.486 e. The summed E-state index contributed by atoms with van der Waals surface area (Å²) in [5, 5.41) is 3.17. The van der Waals surface area contributed by atoms with Crippen LogP contribution in [0.25, 0.3) is 0 Å². The summed E-state index contributed by atoms with van der Waals surface area (Å²) < 4.78 is 11.8. The lowest BCUT2D eigenvalue weighted by molar-refractivity contribution is -0.133. The fourth-order valence-electron chi connectivity index (χ4n) is 3.48. The zero-order chi connectivity index (χ0) is 16.6. The van der Waals surface area contributed by atoms with E-state index in [1.807, 2.05) is 24.3 Å². The van der Waals surface area contributed by atoms with Gasteiger partial charge in [0.05, 0.1) is 0 Å². The Kier molecular flexibility index (Phi) is 4.12. The van der Waals surface area contributed by atoms with Crippen LogP contribution in [-0.2, 0) is 4.79 Å². The number of hydrogen-bond donors (Lipinski definition) is 1. The molecule has 5 nitrogen and oxygen atoms in total. The molecule has 1 amide bonds. The van der Waals surface area contributed by atoms with Crippen molar-refractivity contribution < 1.29 is 14.3 Å². The number of ether oxygens (including phenoxy) is 2. The highest BCUT2D eigenvalue weighted by atomic mass is 16.6. The fraction of sp³-hybridized carbons (Fsp3) is 0.632. The molecule has 5 heteroatoms. The van der Waals surface area contributed by atoms with Crippen LogP contribution in [0.1, 0.15) is 32.6 Å². The van der Waals surface area contributed by atoms with Gasteiger partial charge in [-0.15, -0.1) is 0 Å². The van der Waals surface area contributed by atoms with E-state index in [4.69, 9.17) is 9.47 Å². The molecule has 0 bridgehead atoms. The molecular weight excluding hydrogens is 304 g/mol. The molecule has 1 aromatic rings. The van der Waals surface area contributed by atoms with Crippen LogP contribution >= 0.6 is 0 Å². The minimum absolute atomic E-state index is 0.0598. The summed E-state index contributed by atoms with van der Waals surface area (Å²) in [5.74, 6) is 1.91. The number of carbonyl (C=O) groups is 1.